The predicted molar refractivity (Wildman–Crippen MR) is 63.5 cm³/mol. The Morgan fingerprint density at radius 1 is 1.56 bits per heavy atom. The van der Waals surface area contributed by atoms with E-state index in [2.05, 4.69) is 18.7 Å². The van der Waals surface area contributed by atoms with Crippen molar-refractivity contribution in [2.75, 3.05) is 40.0 Å². The average Bonchev–Trinajstić information content (AvgIpc) is 2.35. The normalized spacial score (nSPS) is 26.6. The summed E-state index contributed by atoms with van der Waals surface area (Å²) in [4.78, 5) is 2.32. The minimum absolute atomic E-state index is 0.0412. The van der Waals surface area contributed by atoms with Crippen molar-refractivity contribution in [2.45, 2.75) is 32.5 Å². The number of morpholine rings is 1. The smallest absolute Gasteiger partial charge is 0.0963 e. The molecule has 1 aliphatic heterocycles. The Bertz CT molecular complexity index is 189. The number of aliphatic hydroxyl groups is 1. The molecule has 1 N–H and O–H groups in total. The highest BCUT2D eigenvalue weighted by Crippen LogP contribution is 2.17. The van der Waals surface area contributed by atoms with Gasteiger partial charge in [-0.3, -0.25) is 4.90 Å². The van der Waals surface area contributed by atoms with Crippen molar-refractivity contribution < 1.29 is 14.6 Å². The Labute approximate surface area is 98.5 Å². The van der Waals surface area contributed by atoms with Gasteiger partial charge >= 0.3 is 0 Å². The Kier molecular flexibility index (Phi) is 6.28. The van der Waals surface area contributed by atoms with Crippen molar-refractivity contribution >= 4 is 0 Å². The molecule has 4 nitrogen and oxygen atoms in total. The van der Waals surface area contributed by atoms with Crippen molar-refractivity contribution in [3.63, 3.8) is 0 Å². The molecule has 0 aromatic rings. The summed E-state index contributed by atoms with van der Waals surface area (Å²) < 4.78 is 10.7. The summed E-state index contributed by atoms with van der Waals surface area (Å²) in [7, 11) is 1.69. The van der Waals surface area contributed by atoms with Gasteiger partial charge in [0.05, 0.1) is 18.8 Å². The summed E-state index contributed by atoms with van der Waals surface area (Å²) in [6, 6.07) is 0. The van der Waals surface area contributed by atoms with Gasteiger partial charge in [-0.2, -0.15) is 0 Å². The van der Waals surface area contributed by atoms with Gasteiger partial charge in [0.15, 0.2) is 0 Å². The van der Waals surface area contributed by atoms with E-state index in [1.165, 1.54) is 0 Å². The quantitative estimate of drug-likeness (QED) is 0.732. The van der Waals surface area contributed by atoms with Gasteiger partial charge in [-0.1, -0.05) is 13.8 Å². The van der Waals surface area contributed by atoms with Crippen LogP contribution >= 0.6 is 0 Å². The Balaban J connectivity index is 2.36. The van der Waals surface area contributed by atoms with E-state index < -0.39 is 0 Å². The number of nitrogens with zero attached hydrogens (tertiary/aromatic N) is 1. The molecule has 1 aliphatic rings. The zero-order valence-corrected chi connectivity index (χ0v) is 10.7. The van der Waals surface area contributed by atoms with Gasteiger partial charge in [0, 0.05) is 26.8 Å². The highest BCUT2D eigenvalue weighted by Gasteiger charge is 2.29. The van der Waals surface area contributed by atoms with Crippen molar-refractivity contribution in [3.05, 3.63) is 0 Å². The molecule has 0 aliphatic carbocycles. The number of ether oxygens (including phenoxy) is 2. The zero-order valence-electron chi connectivity index (χ0n) is 10.7. The van der Waals surface area contributed by atoms with E-state index in [1.807, 2.05) is 0 Å². The predicted octanol–water partition coefficient (Wildman–Crippen LogP) is 0.741. The minimum atomic E-state index is -0.385. The molecule has 3 atom stereocenters. The van der Waals surface area contributed by atoms with Crippen LogP contribution in [-0.4, -0.2) is 62.2 Å². The van der Waals surface area contributed by atoms with Gasteiger partial charge in [-0.15, -0.1) is 0 Å². The molecule has 96 valence electrons. The molecule has 0 radical (unpaired) electrons. The van der Waals surface area contributed by atoms with E-state index >= 15 is 0 Å². The molecule has 4 heteroatoms. The third kappa shape index (κ3) is 4.01. The number of rotatable bonds is 6. The van der Waals surface area contributed by atoms with Crippen LogP contribution < -0.4 is 0 Å². The first-order valence-electron chi connectivity index (χ1n) is 6.20. The van der Waals surface area contributed by atoms with E-state index in [-0.39, 0.29) is 18.1 Å². The monoisotopic (exact) mass is 231 g/mol. The Morgan fingerprint density at radius 3 is 2.94 bits per heavy atom. The molecule has 16 heavy (non-hydrogen) atoms. The van der Waals surface area contributed by atoms with E-state index in [9.17, 15) is 5.11 Å². The molecule has 0 amide bonds. The molecule has 1 fully saturated rings. The minimum Gasteiger partial charge on any atom is -0.390 e. The van der Waals surface area contributed by atoms with E-state index in [1.54, 1.807) is 7.11 Å². The Morgan fingerprint density at radius 2 is 2.31 bits per heavy atom. The fraction of sp³-hybridized carbons (Fsp3) is 1.00. The molecule has 0 spiro atoms. The van der Waals surface area contributed by atoms with Crippen LogP contribution in [-0.2, 0) is 9.47 Å². The van der Waals surface area contributed by atoms with Gasteiger partial charge in [0.1, 0.15) is 0 Å². The molecule has 3 unspecified atom stereocenters. The van der Waals surface area contributed by atoms with Gasteiger partial charge < -0.3 is 14.6 Å². The lowest BCUT2D eigenvalue weighted by atomic mass is 9.96. The van der Waals surface area contributed by atoms with Crippen LogP contribution in [0.1, 0.15) is 20.3 Å². The lowest BCUT2D eigenvalue weighted by Crippen LogP contribution is -2.49. The van der Waals surface area contributed by atoms with Crippen molar-refractivity contribution in [2.24, 2.45) is 5.92 Å². The molecule has 0 aromatic heterocycles. The maximum Gasteiger partial charge on any atom is 0.0963 e. The average molecular weight is 231 g/mol. The van der Waals surface area contributed by atoms with E-state index in [0.29, 0.717) is 6.61 Å². The number of hydrogen-bond donors (Lipinski definition) is 1. The Hall–Kier alpha value is -0.160. The number of methoxy groups -OCH3 is 1. The molecule has 0 aromatic carbocycles. The molecule has 1 heterocycles. The fourth-order valence-electron chi connectivity index (χ4n) is 2.07. The van der Waals surface area contributed by atoms with Crippen molar-refractivity contribution in [3.8, 4) is 0 Å². The van der Waals surface area contributed by atoms with Crippen molar-refractivity contribution in [1.29, 1.82) is 0 Å². The maximum atomic E-state index is 10.2. The summed E-state index contributed by atoms with van der Waals surface area (Å²) in [6.45, 7) is 8.47. The molecule has 0 bridgehead atoms. The van der Waals surface area contributed by atoms with Crippen molar-refractivity contribution in [1.82, 2.24) is 4.90 Å². The third-order valence-corrected chi connectivity index (χ3v) is 3.37. The number of aliphatic hydroxyl groups excluding tert-OH is 1. The summed E-state index contributed by atoms with van der Waals surface area (Å²) in [5.41, 5.74) is 0. The van der Waals surface area contributed by atoms with Crippen LogP contribution in [0.5, 0.6) is 0 Å². The van der Waals surface area contributed by atoms with Gasteiger partial charge in [0.25, 0.3) is 0 Å². The largest absolute Gasteiger partial charge is 0.390 e. The molecular weight excluding hydrogens is 206 g/mol. The second-order valence-electron chi connectivity index (χ2n) is 4.55. The van der Waals surface area contributed by atoms with E-state index in [4.69, 9.17) is 9.47 Å². The number of hydrogen-bond acceptors (Lipinski definition) is 4. The molecule has 1 saturated heterocycles. The van der Waals surface area contributed by atoms with E-state index in [0.717, 1.165) is 32.7 Å². The lowest BCUT2D eigenvalue weighted by molar-refractivity contribution is -0.105. The van der Waals surface area contributed by atoms with Crippen LogP contribution in [0, 0.1) is 5.92 Å². The highest BCUT2D eigenvalue weighted by molar-refractivity contribution is 4.80. The van der Waals surface area contributed by atoms with Crippen LogP contribution in [0.2, 0.25) is 0 Å². The molecule has 0 saturated carbocycles. The summed E-state index contributed by atoms with van der Waals surface area (Å²) in [6.07, 6.45) is 0.453. The summed E-state index contributed by atoms with van der Waals surface area (Å²) in [5.74, 6) is 0.224. The van der Waals surface area contributed by atoms with Gasteiger partial charge in [0.2, 0.25) is 0 Å². The fourth-order valence-corrected chi connectivity index (χ4v) is 2.07. The summed E-state index contributed by atoms with van der Waals surface area (Å²) in [5, 5.41) is 10.2. The lowest BCUT2D eigenvalue weighted by Gasteiger charge is -2.36. The SMILES string of the molecule is CCN1CCOC(C(O)C(C)CCOC)C1. The highest BCUT2D eigenvalue weighted by atomic mass is 16.5. The van der Waals surface area contributed by atoms with Crippen LogP contribution in [0.3, 0.4) is 0 Å². The van der Waals surface area contributed by atoms with Crippen LogP contribution in [0.15, 0.2) is 0 Å². The molecule has 1 rings (SSSR count). The maximum absolute atomic E-state index is 10.2. The standard InChI is InChI=1S/C12H25NO3/c1-4-13-6-8-16-11(9-13)12(14)10(2)5-7-15-3/h10-12,14H,4-9H2,1-3H3. The van der Waals surface area contributed by atoms with Crippen LogP contribution in [0.4, 0.5) is 0 Å². The first-order chi connectivity index (χ1) is 7.69. The molecular formula is C12H25NO3. The first-order valence-corrected chi connectivity index (χ1v) is 6.20. The van der Waals surface area contributed by atoms with Gasteiger partial charge in [-0.05, 0) is 18.9 Å². The first kappa shape index (κ1) is 13.9. The third-order valence-electron chi connectivity index (χ3n) is 3.37. The number of likely N-dealkylation sites (N-methyl/N-ethyl adjacent to an activating group) is 1. The van der Waals surface area contributed by atoms with Crippen LogP contribution in [0.25, 0.3) is 0 Å². The zero-order chi connectivity index (χ0) is 12.0. The summed E-state index contributed by atoms with van der Waals surface area (Å²) >= 11 is 0. The van der Waals surface area contributed by atoms with Gasteiger partial charge in [-0.25, -0.2) is 0 Å². The second kappa shape index (κ2) is 7.22. The second-order valence-corrected chi connectivity index (χ2v) is 4.55. The topological polar surface area (TPSA) is 41.9 Å².